The second-order valence-corrected chi connectivity index (χ2v) is 3.83. The first kappa shape index (κ1) is 8.38. The van der Waals surface area contributed by atoms with Gasteiger partial charge in [-0.2, -0.15) is 0 Å². The lowest BCUT2D eigenvalue weighted by molar-refractivity contribution is 0.445. The van der Waals surface area contributed by atoms with Gasteiger partial charge in [0.25, 0.3) is 0 Å². The Kier molecular flexibility index (Phi) is 1.88. The van der Waals surface area contributed by atoms with E-state index in [2.05, 4.69) is 0 Å². The Morgan fingerprint density at radius 1 is 1.38 bits per heavy atom. The van der Waals surface area contributed by atoms with Gasteiger partial charge < -0.3 is 10.2 Å². The number of fused-ring (bicyclic) bond motifs is 1. The number of phenols is 2. The topological polar surface area (TPSA) is 40.5 Å². The predicted octanol–water partition coefficient (Wildman–Crippen LogP) is 2.87. The molecular weight excluding hydrogens is 184 g/mol. The summed E-state index contributed by atoms with van der Waals surface area (Å²) in [5, 5.41) is 22.1. The molecule has 0 amide bonds. The van der Waals surface area contributed by atoms with Crippen LogP contribution >= 0.6 is 11.3 Å². The van der Waals surface area contributed by atoms with Crippen LogP contribution in [-0.4, -0.2) is 10.2 Å². The molecule has 68 valence electrons. The fraction of sp³-hybridized carbons (Fsp3) is 0.200. The minimum atomic E-state index is 0.186. The van der Waals surface area contributed by atoms with E-state index in [1.165, 1.54) is 11.3 Å². The maximum atomic E-state index is 9.77. The number of phenolic OH excluding ortho intramolecular Hbond substituents is 2. The van der Waals surface area contributed by atoms with Crippen LogP contribution in [0, 0.1) is 0 Å². The van der Waals surface area contributed by atoms with Crippen LogP contribution in [-0.2, 0) is 6.42 Å². The molecule has 1 aromatic carbocycles. The molecule has 13 heavy (non-hydrogen) atoms. The summed E-state index contributed by atoms with van der Waals surface area (Å²) in [4.78, 5) is 0. The Morgan fingerprint density at radius 3 is 2.85 bits per heavy atom. The third-order valence-electron chi connectivity index (χ3n) is 2.15. The van der Waals surface area contributed by atoms with Crippen LogP contribution in [0.4, 0.5) is 0 Å². The summed E-state index contributed by atoms with van der Waals surface area (Å²) < 4.78 is 0.856. The summed E-state index contributed by atoms with van der Waals surface area (Å²) in [6, 6.07) is 3.59. The van der Waals surface area contributed by atoms with Gasteiger partial charge in [0.2, 0.25) is 0 Å². The first-order chi connectivity index (χ1) is 6.24. The third-order valence-corrected chi connectivity index (χ3v) is 3.09. The maximum Gasteiger partial charge on any atom is 0.140 e. The highest BCUT2D eigenvalue weighted by molar-refractivity contribution is 7.17. The highest BCUT2D eigenvalue weighted by Crippen LogP contribution is 2.38. The largest absolute Gasteiger partial charge is 0.508 e. The van der Waals surface area contributed by atoms with E-state index in [4.69, 9.17) is 0 Å². The van der Waals surface area contributed by atoms with E-state index < -0.39 is 0 Å². The van der Waals surface area contributed by atoms with Crippen LogP contribution < -0.4 is 0 Å². The van der Waals surface area contributed by atoms with E-state index in [0.29, 0.717) is 12.0 Å². The molecule has 0 aliphatic carbocycles. The molecule has 0 atom stereocenters. The van der Waals surface area contributed by atoms with Crippen molar-refractivity contribution in [2.75, 3.05) is 0 Å². The molecule has 2 aromatic rings. The number of thiophene rings is 1. The lowest BCUT2D eigenvalue weighted by atomic mass is 10.1. The molecule has 0 radical (unpaired) electrons. The number of hydrogen-bond acceptors (Lipinski definition) is 3. The van der Waals surface area contributed by atoms with E-state index in [0.717, 1.165) is 10.1 Å². The SMILES string of the molecule is CCc1c(O)cc2ccsc2c1O. The zero-order valence-electron chi connectivity index (χ0n) is 7.24. The van der Waals surface area contributed by atoms with Crippen molar-refractivity contribution in [1.82, 2.24) is 0 Å². The molecule has 0 unspecified atom stereocenters. The second kappa shape index (κ2) is 2.92. The van der Waals surface area contributed by atoms with Gasteiger partial charge in [-0.3, -0.25) is 0 Å². The lowest BCUT2D eigenvalue weighted by Crippen LogP contribution is -1.82. The van der Waals surface area contributed by atoms with Gasteiger partial charge in [0.1, 0.15) is 11.5 Å². The molecule has 0 aliphatic rings. The Balaban J connectivity index is 2.85. The molecule has 0 fully saturated rings. The number of aromatic hydroxyl groups is 2. The van der Waals surface area contributed by atoms with Gasteiger partial charge in [-0.1, -0.05) is 6.92 Å². The average molecular weight is 194 g/mol. The Hall–Kier alpha value is -1.22. The smallest absolute Gasteiger partial charge is 0.140 e. The number of benzene rings is 1. The van der Waals surface area contributed by atoms with Crippen molar-refractivity contribution < 1.29 is 10.2 Å². The summed E-state index contributed by atoms with van der Waals surface area (Å²) in [7, 11) is 0. The van der Waals surface area contributed by atoms with Crippen LogP contribution in [0.15, 0.2) is 17.5 Å². The van der Waals surface area contributed by atoms with Crippen molar-refractivity contribution in [1.29, 1.82) is 0 Å². The fourth-order valence-corrected chi connectivity index (χ4v) is 2.32. The standard InChI is InChI=1S/C10H10O2S/c1-2-7-8(11)5-6-3-4-13-10(6)9(7)12/h3-5,11-12H,2H2,1H3. The molecule has 0 aliphatic heterocycles. The quantitative estimate of drug-likeness (QED) is 0.732. The lowest BCUT2D eigenvalue weighted by Gasteiger charge is -2.05. The summed E-state index contributed by atoms with van der Waals surface area (Å²) in [6.07, 6.45) is 0.644. The maximum absolute atomic E-state index is 9.77. The normalized spacial score (nSPS) is 10.8. The van der Waals surface area contributed by atoms with Crippen LogP contribution in [0.3, 0.4) is 0 Å². The van der Waals surface area contributed by atoms with Crippen molar-refractivity contribution in [3.63, 3.8) is 0 Å². The van der Waals surface area contributed by atoms with Gasteiger partial charge in [-0.15, -0.1) is 11.3 Å². The van der Waals surface area contributed by atoms with Crippen LogP contribution in [0.2, 0.25) is 0 Å². The van der Waals surface area contributed by atoms with Crippen molar-refractivity contribution in [2.45, 2.75) is 13.3 Å². The molecule has 2 N–H and O–H groups in total. The van der Waals surface area contributed by atoms with E-state index in [9.17, 15) is 10.2 Å². The summed E-state index contributed by atoms with van der Waals surface area (Å²) >= 11 is 1.49. The predicted molar refractivity (Wildman–Crippen MR) is 54.5 cm³/mol. The molecule has 2 rings (SSSR count). The zero-order valence-corrected chi connectivity index (χ0v) is 8.06. The number of hydrogen-bond donors (Lipinski definition) is 2. The third kappa shape index (κ3) is 1.16. The molecule has 1 aromatic heterocycles. The van der Waals surface area contributed by atoms with Crippen molar-refractivity contribution >= 4 is 21.4 Å². The summed E-state index contributed by atoms with van der Waals surface area (Å²) in [6.45, 7) is 1.91. The van der Waals surface area contributed by atoms with Gasteiger partial charge in [-0.05, 0) is 29.3 Å². The van der Waals surface area contributed by atoms with Crippen LogP contribution in [0.5, 0.6) is 11.5 Å². The molecule has 0 saturated heterocycles. The molecule has 3 heteroatoms. The molecule has 1 heterocycles. The van der Waals surface area contributed by atoms with Gasteiger partial charge >= 0.3 is 0 Å². The second-order valence-electron chi connectivity index (χ2n) is 2.92. The number of rotatable bonds is 1. The average Bonchev–Trinajstić information content (AvgIpc) is 2.53. The van der Waals surface area contributed by atoms with E-state index in [1.54, 1.807) is 6.07 Å². The Labute approximate surface area is 80.1 Å². The molecule has 0 spiro atoms. The molecule has 2 nitrogen and oxygen atoms in total. The Bertz CT molecular complexity index is 445. The first-order valence-electron chi connectivity index (χ1n) is 4.15. The van der Waals surface area contributed by atoms with E-state index >= 15 is 0 Å². The Morgan fingerprint density at radius 2 is 2.15 bits per heavy atom. The minimum Gasteiger partial charge on any atom is -0.508 e. The monoisotopic (exact) mass is 194 g/mol. The molecule has 0 saturated carbocycles. The highest BCUT2D eigenvalue weighted by atomic mass is 32.1. The van der Waals surface area contributed by atoms with Gasteiger partial charge in [0, 0.05) is 5.56 Å². The summed E-state index contributed by atoms with van der Waals surface area (Å²) in [5.74, 6) is 0.415. The minimum absolute atomic E-state index is 0.186. The van der Waals surface area contributed by atoms with Gasteiger partial charge in [0.15, 0.2) is 0 Å². The van der Waals surface area contributed by atoms with Gasteiger partial charge in [0.05, 0.1) is 4.70 Å². The van der Waals surface area contributed by atoms with Crippen molar-refractivity contribution in [3.8, 4) is 11.5 Å². The van der Waals surface area contributed by atoms with Crippen LogP contribution in [0.1, 0.15) is 12.5 Å². The molecular formula is C10H10O2S. The van der Waals surface area contributed by atoms with Crippen LogP contribution in [0.25, 0.3) is 10.1 Å². The van der Waals surface area contributed by atoms with E-state index in [1.807, 2.05) is 18.4 Å². The fourth-order valence-electron chi connectivity index (χ4n) is 1.47. The summed E-state index contributed by atoms with van der Waals surface area (Å²) in [5.41, 5.74) is 0.634. The van der Waals surface area contributed by atoms with E-state index in [-0.39, 0.29) is 11.5 Å². The first-order valence-corrected chi connectivity index (χ1v) is 5.03. The zero-order chi connectivity index (χ0) is 9.42. The van der Waals surface area contributed by atoms with Crippen molar-refractivity contribution in [3.05, 3.63) is 23.1 Å². The highest BCUT2D eigenvalue weighted by Gasteiger charge is 2.10. The molecule has 0 bridgehead atoms. The van der Waals surface area contributed by atoms with Gasteiger partial charge in [-0.25, -0.2) is 0 Å². The van der Waals surface area contributed by atoms with Crippen molar-refractivity contribution in [2.24, 2.45) is 0 Å².